The van der Waals surface area contributed by atoms with Crippen molar-refractivity contribution in [3.05, 3.63) is 0 Å². The second kappa shape index (κ2) is 83.1. The van der Waals surface area contributed by atoms with Gasteiger partial charge in [0.05, 0.1) is 26.4 Å². The van der Waals surface area contributed by atoms with E-state index < -0.39 is 97.5 Å². The minimum atomic E-state index is -4.97. The molecule has 3 N–H and O–H groups in total. The quantitative estimate of drug-likeness (QED) is 0.0222. The molecule has 3 unspecified atom stereocenters. The zero-order valence-electron chi connectivity index (χ0n) is 73.3. The van der Waals surface area contributed by atoms with Crippen LogP contribution in [0, 0.1) is 11.8 Å². The van der Waals surface area contributed by atoms with Crippen molar-refractivity contribution in [3.8, 4) is 0 Å². The fourth-order valence-electron chi connectivity index (χ4n) is 14.4. The third kappa shape index (κ3) is 84.3. The van der Waals surface area contributed by atoms with Crippen LogP contribution >= 0.6 is 15.6 Å². The molecule has 0 saturated carbocycles. The molecule has 0 heterocycles. The van der Waals surface area contributed by atoms with E-state index in [4.69, 9.17) is 37.0 Å². The number of hydrogen-bond acceptors (Lipinski definition) is 15. The second-order valence-electron chi connectivity index (χ2n) is 33.8. The maximum absolute atomic E-state index is 13.2. The highest BCUT2D eigenvalue weighted by molar-refractivity contribution is 7.47. The standard InChI is InChI=1S/C92H180O17P2/c1-7-10-12-14-16-18-20-22-24-26-28-30-32-34-39-43-47-51-55-62-68-74-89(94)102-80-87(108-91(96)76-70-64-56-52-48-44-40-35-33-31-29-27-25-23-21-19-17-15-13-11-8-2)82-106-110(98,99)104-78-86(93)79-105-111(100,101)107-83-88(81-103-90(95)75-69-63-59-58-61-67-73-85(6)9-3)109-92(97)77-71-65-57-53-49-45-41-37-36-38-42-46-50-54-60-66-72-84(4)5/h84-88,93H,7-83H2,1-6H3,(H,98,99)(H,100,101)/t85?,86-,87-,88-/m1/s1. The number of ether oxygens (including phenoxy) is 4. The smallest absolute Gasteiger partial charge is 0.462 e. The molecule has 0 aliphatic rings. The highest BCUT2D eigenvalue weighted by atomic mass is 31.2. The van der Waals surface area contributed by atoms with Crippen molar-refractivity contribution in [2.24, 2.45) is 11.8 Å². The van der Waals surface area contributed by atoms with Crippen LogP contribution in [-0.2, 0) is 65.4 Å². The Kier molecular flexibility index (Phi) is 81.7. The molecule has 19 heteroatoms. The Morgan fingerprint density at radius 1 is 0.261 bits per heavy atom. The van der Waals surface area contributed by atoms with Crippen molar-refractivity contribution < 1.29 is 80.2 Å². The molecule has 0 aromatic heterocycles. The highest BCUT2D eigenvalue weighted by Crippen LogP contribution is 2.45. The number of phosphoric ester groups is 2. The van der Waals surface area contributed by atoms with E-state index in [2.05, 4.69) is 41.5 Å². The molecule has 0 saturated heterocycles. The van der Waals surface area contributed by atoms with Crippen LogP contribution in [0.15, 0.2) is 0 Å². The van der Waals surface area contributed by atoms with E-state index in [9.17, 15) is 43.2 Å². The minimum absolute atomic E-state index is 0.107. The molecule has 0 radical (unpaired) electrons. The molecule has 0 bridgehead atoms. The molecule has 660 valence electrons. The van der Waals surface area contributed by atoms with Gasteiger partial charge in [-0.2, -0.15) is 0 Å². The summed E-state index contributed by atoms with van der Waals surface area (Å²) in [6.45, 7) is 9.69. The van der Waals surface area contributed by atoms with Crippen LogP contribution in [0.5, 0.6) is 0 Å². The summed E-state index contributed by atoms with van der Waals surface area (Å²) in [5.74, 6) is -0.558. The number of hydrogen-bond donors (Lipinski definition) is 3. The Morgan fingerprint density at radius 2 is 0.459 bits per heavy atom. The van der Waals surface area contributed by atoms with Gasteiger partial charge in [-0.15, -0.1) is 0 Å². The summed E-state index contributed by atoms with van der Waals surface area (Å²) in [7, 11) is -9.94. The van der Waals surface area contributed by atoms with E-state index in [1.54, 1.807) is 0 Å². The average Bonchev–Trinajstić information content (AvgIpc) is 0.898. The molecule has 0 aromatic rings. The van der Waals surface area contributed by atoms with Crippen LogP contribution in [0.3, 0.4) is 0 Å². The van der Waals surface area contributed by atoms with Gasteiger partial charge in [-0.25, -0.2) is 9.13 Å². The number of aliphatic hydroxyl groups is 1. The van der Waals surface area contributed by atoms with Gasteiger partial charge >= 0.3 is 39.5 Å². The fraction of sp³-hybridized carbons (Fsp3) is 0.957. The second-order valence-corrected chi connectivity index (χ2v) is 36.7. The summed E-state index contributed by atoms with van der Waals surface area (Å²) in [5, 5.41) is 10.7. The molecular formula is C92H180O17P2. The molecule has 6 atom stereocenters. The van der Waals surface area contributed by atoms with Gasteiger partial charge in [0.15, 0.2) is 12.2 Å². The van der Waals surface area contributed by atoms with Crippen LogP contribution < -0.4 is 0 Å². The first-order valence-electron chi connectivity index (χ1n) is 47.5. The Labute approximate surface area is 683 Å². The Bertz CT molecular complexity index is 2120. The first kappa shape index (κ1) is 109. The van der Waals surface area contributed by atoms with Crippen molar-refractivity contribution in [1.29, 1.82) is 0 Å². The Hall–Kier alpha value is -1.94. The summed E-state index contributed by atoms with van der Waals surface area (Å²) in [4.78, 5) is 73.4. The van der Waals surface area contributed by atoms with Crippen molar-refractivity contribution in [1.82, 2.24) is 0 Å². The van der Waals surface area contributed by atoms with E-state index in [1.807, 2.05) is 0 Å². The zero-order chi connectivity index (χ0) is 81.3. The molecule has 0 fully saturated rings. The SMILES string of the molecule is CCCCCCCCCCCCCCCCCCCCCCCC(=O)OC[C@H](COP(=O)(O)OC[C@@H](O)COP(=O)(O)OC[C@@H](COC(=O)CCCCCCCCC(C)CC)OC(=O)CCCCCCCCCCCCCCCCCCC(C)C)OC(=O)CCCCCCCCCCCCCCCCCCCCCCC. The predicted octanol–water partition coefficient (Wildman–Crippen LogP) is 28.6. The maximum Gasteiger partial charge on any atom is 0.472 e. The monoisotopic (exact) mass is 1620 g/mol. The van der Waals surface area contributed by atoms with Crippen molar-refractivity contribution in [3.63, 3.8) is 0 Å². The number of unbranched alkanes of at least 4 members (excludes halogenated alkanes) is 60. The first-order chi connectivity index (χ1) is 53.9. The van der Waals surface area contributed by atoms with Crippen LogP contribution in [0.2, 0.25) is 0 Å². The van der Waals surface area contributed by atoms with Gasteiger partial charge in [0.1, 0.15) is 19.3 Å². The highest BCUT2D eigenvalue weighted by Gasteiger charge is 2.31. The molecule has 0 aliphatic carbocycles. The van der Waals surface area contributed by atoms with Crippen LogP contribution in [0.1, 0.15) is 497 Å². The van der Waals surface area contributed by atoms with Crippen LogP contribution in [0.25, 0.3) is 0 Å². The lowest BCUT2D eigenvalue weighted by Gasteiger charge is -2.21. The van der Waals surface area contributed by atoms with Crippen molar-refractivity contribution >= 4 is 39.5 Å². The number of aliphatic hydroxyl groups excluding tert-OH is 1. The van der Waals surface area contributed by atoms with E-state index in [-0.39, 0.29) is 25.7 Å². The molecular weight excluding hydrogens is 1440 g/mol. The molecule has 0 spiro atoms. The van der Waals surface area contributed by atoms with Crippen molar-refractivity contribution in [2.45, 2.75) is 516 Å². The van der Waals surface area contributed by atoms with Gasteiger partial charge in [-0.1, -0.05) is 446 Å². The molecule has 0 amide bonds. The third-order valence-corrected chi connectivity index (χ3v) is 24.0. The van der Waals surface area contributed by atoms with Gasteiger partial charge in [0.25, 0.3) is 0 Å². The third-order valence-electron chi connectivity index (χ3n) is 22.1. The van der Waals surface area contributed by atoms with Crippen LogP contribution in [-0.4, -0.2) is 96.7 Å². The number of phosphoric acid groups is 2. The topological polar surface area (TPSA) is 237 Å². The lowest BCUT2D eigenvalue weighted by atomic mass is 10.00. The predicted molar refractivity (Wildman–Crippen MR) is 460 cm³/mol. The normalized spacial score (nSPS) is 14.0. The van der Waals surface area contributed by atoms with Gasteiger partial charge in [0, 0.05) is 25.7 Å². The van der Waals surface area contributed by atoms with E-state index >= 15 is 0 Å². The van der Waals surface area contributed by atoms with Crippen LogP contribution in [0.4, 0.5) is 0 Å². The summed E-state index contributed by atoms with van der Waals surface area (Å²) in [6.07, 6.45) is 78.1. The summed E-state index contributed by atoms with van der Waals surface area (Å²) in [6, 6.07) is 0. The Balaban J connectivity index is 5.21. The lowest BCUT2D eigenvalue weighted by molar-refractivity contribution is -0.161. The maximum atomic E-state index is 13.2. The van der Waals surface area contributed by atoms with Crippen molar-refractivity contribution in [2.75, 3.05) is 39.6 Å². The fourth-order valence-corrected chi connectivity index (χ4v) is 16.0. The summed E-state index contributed by atoms with van der Waals surface area (Å²) < 4.78 is 69.1. The molecule has 0 aromatic carbocycles. The lowest BCUT2D eigenvalue weighted by Crippen LogP contribution is -2.30. The minimum Gasteiger partial charge on any atom is -0.462 e. The van der Waals surface area contributed by atoms with Gasteiger partial charge in [-0.3, -0.25) is 37.3 Å². The first-order valence-corrected chi connectivity index (χ1v) is 50.5. The number of carbonyl (C=O) groups is 4. The average molecular weight is 1620 g/mol. The van der Waals surface area contributed by atoms with E-state index in [1.165, 1.54) is 308 Å². The molecule has 111 heavy (non-hydrogen) atoms. The van der Waals surface area contributed by atoms with Gasteiger partial charge < -0.3 is 33.8 Å². The van der Waals surface area contributed by atoms with E-state index in [0.29, 0.717) is 25.7 Å². The largest absolute Gasteiger partial charge is 0.472 e. The summed E-state index contributed by atoms with van der Waals surface area (Å²) in [5.41, 5.74) is 0. The number of carbonyl (C=O) groups excluding carboxylic acids is 4. The van der Waals surface area contributed by atoms with E-state index in [0.717, 1.165) is 108 Å². The molecule has 0 aliphatic heterocycles. The summed E-state index contributed by atoms with van der Waals surface area (Å²) >= 11 is 0. The Morgan fingerprint density at radius 3 is 0.685 bits per heavy atom. The van der Waals surface area contributed by atoms with Gasteiger partial charge in [-0.05, 0) is 37.5 Å². The molecule has 17 nitrogen and oxygen atoms in total. The van der Waals surface area contributed by atoms with Gasteiger partial charge in [0.2, 0.25) is 0 Å². The number of rotatable bonds is 91. The zero-order valence-corrected chi connectivity index (χ0v) is 75.1. The molecule has 0 rings (SSSR count). The number of esters is 4.